The smallest absolute Gasteiger partial charge is 0.239 e. The van der Waals surface area contributed by atoms with Gasteiger partial charge in [-0.2, -0.15) is 0 Å². The molecular formula is C18H17N3O. The molecule has 3 aromatic rings. The van der Waals surface area contributed by atoms with Gasteiger partial charge in [0.15, 0.2) is 0 Å². The summed E-state index contributed by atoms with van der Waals surface area (Å²) in [5.41, 5.74) is 2.83. The van der Waals surface area contributed by atoms with E-state index in [1.807, 2.05) is 60.7 Å². The molecule has 4 nitrogen and oxygen atoms in total. The van der Waals surface area contributed by atoms with Gasteiger partial charge in [-0.1, -0.05) is 48.5 Å². The zero-order valence-corrected chi connectivity index (χ0v) is 12.1. The number of benzene rings is 2. The maximum Gasteiger partial charge on any atom is 0.239 e. The van der Waals surface area contributed by atoms with E-state index in [1.165, 1.54) is 0 Å². The number of nitrogens with one attached hydrogen (secondary N) is 2. The van der Waals surface area contributed by atoms with E-state index in [4.69, 9.17) is 0 Å². The maximum atomic E-state index is 11.9. The standard InChI is InChI=1S/C18H17N3O/c22-17(21-12-14-6-2-1-3-7-14)13-20-16-10-4-8-15-9-5-11-19-18(15)16/h1-11,20H,12-13H2,(H,21,22). The molecule has 1 aromatic heterocycles. The second-order valence-corrected chi connectivity index (χ2v) is 5.00. The van der Waals surface area contributed by atoms with E-state index in [2.05, 4.69) is 15.6 Å². The summed E-state index contributed by atoms with van der Waals surface area (Å²) in [5, 5.41) is 7.10. The lowest BCUT2D eigenvalue weighted by atomic mass is 10.2. The van der Waals surface area contributed by atoms with Crippen LogP contribution in [0.5, 0.6) is 0 Å². The van der Waals surface area contributed by atoms with Gasteiger partial charge in [0.05, 0.1) is 17.7 Å². The number of hydrogen-bond acceptors (Lipinski definition) is 3. The van der Waals surface area contributed by atoms with Crippen molar-refractivity contribution in [3.8, 4) is 0 Å². The largest absolute Gasteiger partial charge is 0.374 e. The number of rotatable bonds is 5. The Kier molecular flexibility index (Phi) is 4.30. The number of pyridine rings is 1. The molecule has 2 aromatic carbocycles. The first-order valence-electron chi connectivity index (χ1n) is 7.21. The summed E-state index contributed by atoms with van der Waals surface area (Å²) in [5.74, 6) is -0.0446. The molecule has 0 aliphatic rings. The molecule has 0 bridgehead atoms. The molecule has 0 fully saturated rings. The molecule has 0 atom stereocenters. The van der Waals surface area contributed by atoms with E-state index in [9.17, 15) is 4.79 Å². The van der Waals surface area contributed by atoms with Crippen molar-refractivity contribution < 1.29 is 4.79 Å². The van der Waals surface area contributed by atoms with Crippen LogP contribution in [0.3, 0.4) is 0 Å². The highest BCUT2D eigenvalue weighted by Crippen LogP contribution is 2.20. The summed E-state index contributed by atoms with van der Waals surface area (Å²) in [4.78, 5) is 16.3. The molecule has 22 heavy (non-hydrogen) atoms. The quantitative estimate of drug-likeness (QED) is 0.760. The summed E-state index contributed by atoms with van der Waals surface area (Å²) >= 11 is 0. The van der Waals surface area contributed by atoms with Crippen molar-refractivity contribution in [3.63, 3.8) is 0 Å². The molecule has 0 radical (unpaired) electrons. The molecule has 0 unspecified atom stereocenters. The lowest BCUT2D eigenvalue weighted by Crippen LogP contribution is -2.29. The Morgan fingerprint density at radius 1 is 0.955 bits per heavy atom. The Morgan fingerprint density at radius 3 is 2.64 bits per heavy atom. The lowest BCUT2D eigenvalue weighted by Gasteiger charge is -2.09. The number of hydrogen-bond donors (Lipinski definition) is 2. The summed E-state index contributed by atoms with van der Waals surface area (Å²) in [6.45, 7) is 0.762. The van der Waals surface area contributed by atoms with Crippen LogP contribution < -0.4 is 10.6 Å². The number of aromatic nitrogens is 1. The maximum absolute atomic E-state index is 11.9. The molecule has 0 saturated carbocycles. The summed E-state index contributed by atoms with van der Waals surface area (Å²) < 4.78 is 0. The first-order chi connectivity index (χ1) is 10.8. The highest BCUT2D eigenvalue weighted by atomic mass is 16.1. The fraction of sp³-hybridized carbons (Fsp3) is 0.111. The Bertz CT molecular complexity index is 766. The fourth-order valence-electron chi connectivity index (χ4n) is 2.28. The van der Waals surface area contributed by atoms with Crippen molar-refractivity contribution in [2.24, 2.45) is 0 Å². The van der Waals surface area contributed by atoms with Crippen molar-refractivity contribution in [1.82, 2.24) is 10.3 Å². The molecule has 2 N–H and O–H groups in total. The monoisotopic (exact) mass is 291 g/mol. The molecular weight excluding hydrogens is 274 g/mol. The van der Waals surface area contributed by atoms with E-state index in [1.54, 1.807) is 6.20 Å². The predicted molar refractivity (Wildman–Crippen MR) is 88.5 cm³/mol. The average molecular weight is 291 g/mol. The molecule has 1 heterocycles. The van der Waals surface area contributed by atoms with Crippen LogP contribution in [0.4, 0.5) is 5.69 Å². The fourth-order valence-corrected chi connectivity index (χ4v) is 2.28. The van der Waals surface area contributed by atoms with E-state index in [-0.39, 0.29) is 12.5 Å². The Morgan fingerprint density at radius 2 is 1.77 bits per heavy atom. The van der Waals surface area contributed by atoms with E-state index in [0.29, 0.717) is 6.54 Å². The van der Waals surface area contributed by atoms with Gasteiger partial charge in [-0.05, 0) is 17.7 Å². The van der Waals surface area contributed by atoms with Crippen LogP contribution in [0.2, 0.25) is 0 Å². The zero-order valence-electron chi connectivity index (χ0n) is 12.1. The van der Waals surface area contributed by atoms with Crippen molar-refractivity contribution >= 4 is 22.5 Å². The normalized spacial score (nSPS) is 10.4. The predicted octanol–water partition coefficient (Wildman–Crippen LogP) is 2.96. The summed E-state index contributed by atoms with van der Waals surface area (Å²) in [6, 6.07) is 19.6. The topological polar surface area (TPSA) is 54.0 Å². The minimum absolute atomic E-state index is 0.0446. The third-order valence-corrected chi connectivity index (χ3v) is 3.40. The van der Waals surface area contributed by atoms with Crippen molar-refractivity contribution in [2.45, 2.75) is 6.54 Å². The Labute approximate surface area is 129 Å². The Balaban J connectivity index is 1.58. The number of amides is 1. The van der Waals surface area contributed by atoms with Gasteiger partial charge in [-0.15, -0.1) is 0 Å². The molecule has 0 saturated heterocycles. The molecule has 0 spiro atoms. The van der Waals surface area contributed by atoms with Gasteiger partial charge in [0.25, 0.3) is 0 Å². The molecule has 3 rings (SSSR count). The number of anilines is 1. The van der Waals surface area contributed by atoms with E-state index >= 15 is 0 Å². The van der Waals surface area contributed by atoms with Gasteiger partial charge in [0.2, 0.25) is 5.91 Å². The Hall–Kier alpha value is -2.88. The van der Waals surface area contributed by atoms with Crippen molar-refractivity contribution in [3.05, 3.63) is 72.4 Å². The first-order valence-corrected chi connectivity index (χ1v) is 7.21. The number of carbonyl (C=O) groups is 1. The third kappa shape index (κ3) is 3.41. The van der Waals surface area contributed by atoms with Gasteiger partial charge >= 0.3 is 0 Å². The number of nitrogens with zero attached hydrogens (tertiary/aromatic N) is 1. The molecule has 0 aliphatic carbocycles. The average Bonchev–Trinajstić information content (AvgIpc) is 2.59. The van der Waals surface area contributed by atoms with Crippen LogP contribution in [0.1, 0.15) is 5.56 Å². The van der Waals surface area contributed by atoms with Crippen LogP contribution >= 0.6 is 0 Å². The minimum Gasteiger partial charge on any atom is -0.374 e. The number of carbonyl (C=O) groups excluding carboxylic acids is 1. The van der Waals surface area contributed by atoms with E-state index in [0.717, 1.165) is 22.2 Å². The molecule has 0 aliphatic heterocycles. The molecule has 1 amide bonds. The number of para-hydroxylation sites is 1. The second-order valence-electron chi connectivity index (χ2n) is 5.00. The molecule has 110 valence electrons. The first kappa shape index (κ1) is 14.1. The van der Waals surface area contributed by atoms with Gasteiger partial charge in [0, 0.05) is 18.1 Å². The third-order valence-electron chi connectivity index (χ3n) is 3.40. The van der Waals surface area contributed by atoms with Crippen LogP contribution in [-0.2, 0) is 11.3 Å². The second kappa shape index (κ2) is 6.72. The van der Waals surface area contributed by atoms with Gasteiger partial charge in [0.1, 0.15) is 0 Å². The van der Waals surface area contributed by atoms with Gasteiger partial charge in [-0.25, -0.2) is 0 Å². The summed E-state index contributed by atoms with van der Waals surface area (Å²) in [7, 11) is 0. The number of fused-ring (bicyclic) bond motifs is 1. The molecule has 4 heteroatoms. The minimum atomic E-state index is -0.0446. The van der Waals surface area contributed by atoms with Crippen LogP contribution in [0.25, 0.3) is 10.9 Å². The van der Waals surface area contributed by atoms with Crippen LogP contribution in [0, 0.1) is 0 Å². The SMILES string of the molecule is O=C(CNc1cccc2cccnc12)NCc1ccccc1. The zero-order chi connectivity index (χ0) is 15.2. The van der Waals surface area contributed by atoms with Crippen LogP contribution in [0.15, 0.2) is 66.9 Å². The highest BCUT2D eigenvalue weighted by Gasteiger charge is 2.04. The van der Waals surface area contributed by atoms with Gasteiger partial charge < -0.3 is 10.6 Å². The lowest BCUT2D eigenvalue weighted by molar-refractivity contribution is -0.119. The summed E-state index contributed by atoms with van der Waals surface area (Å²) in [6.07, 6.45) is 1.75. The van der Waals surface area contributed by atoms with Crippen molar-refractivity contribution in [1.29, 1.82) is 0 Å². The van der Waals surface area contributed by atoms with Crippen molar-refractivity contribution in [2.75, 3.05) is 11.9 Å². The van der Waals surface area contributed by atoms with E-state index < -0.39 is 0 Å². The highest BCUT2D eigenvalue weighted by molar-refractivity contribution is 5.92. The van der Waals surface area contributed by atoms with Crippen LogP contribution in [-0.4, -0.2) is 17.4 Å². The van der Waals surface area contributed by atoms with Gasteiger partial charge in [-0.3, -0.25) is 9.78 Å².